The van der Waals surface area contributed by atoms with Gasteiger partial charge in [0.05, 0.1) is 12.7 Å². The minimum absolute atomic E-state index is 0.279. The smallest absolute Gasteiger partial charge is 0.154 e. The van der Waals surface area contributed by atoms with Crippen LogP contribution in [-0.2, 0) is 4.74 Å². The van der Waals surface area contributed by atoms with Crippen LogP contribution in [0.25, 0.3) is 0 Å². The van der Waals surface area contributed by atoms with E-state index in [-0.39, 0.29) is 12.7 Å². The van der Waals surface area contributed by atoms with Crippen molar-refractivity contribution in [1.82, 2.24) is 0 Å². The molecule has 0 aromatic carbocycles. The van der Waals surface area contributed by atoms with Gasteiger partial charge in [-0.2, -0.15) is 0 Å². The Labute approximate surface area is 47.9 Å². The van der Waals surface area contributed by atoms with Crippen LogP contribution in [0.4, 0.5) is 0 Å². The molecule has 0 aromatic rings. The van der Waals surface area contributed by atoms with Gasteiger partial charge in [-0.3, -0.25) is 0 Å². The average molecular weight is 118 g/mol. The molecule has 1 saturated heterocycles. The van der Waals surface area contributed by atoms with E-state index >= 15 is 0 Å². The first-order valence-electron chi connectivity index (χ1n) is 2.77. The van der Waals surface area contributed by atoms with Gasteiger partial charge in [-0.05, 0) is 6.42 Å². The monoisotopic (exact) mass is 118 g/mol. The molecule has 1 heterocycles. The molecule has 2 N–H and O–H groups in total. The summed E-state index contributed by atoms with van der Waals surface area (Å²) in [7, 11) is 0. The zero-order valence-electron chi connectivity index (χ0n) is 4.58. The van der Waals surface area contributed by atoms with Crippen LogP contribution in [0.15, 0.2) is 0 Å². The van der Waals surface area contributed by atoms with Crippen molar-refractivity contribution in [2.24, 2.45) is 0 Å². The first kappa shape index (κ1) is 6.01. The third-order valence-corrected chi connectivity index (χ3v) is 1.23. The summed E-state index contributed by atoms with van der Waals surface area (Å²) in [6.45, 7) is 0.279. The molecule has 2 atom stereocenters. The lowest BCUT2D eigenvalue weighted by molar-refractivity contribution is -0.155. The van der Waals surface area contributed by atoms with Gasteiger partial charge in [0.1, 0.15) is 0 Å². The second-order valence-electron chi connectivity index (χ2n) is 2.02. The number of hydrogen-bond acceptors (Lipinski definition) is 3. The van der Waals surface area contributed by atoms with Crippen LogP contribution in [0.5, 0.6) is 0 Å². The fourth-order valence-electron chi connectivity index (χ4n) is 0.724. The zero-order valence-corrected chi connectivity index (χ0v) is 4.58. The summed E-state index contributed by atoms with van der Waals surface area (Å²) in [6.07, 6.45) is 0.208. The van der Waals surface area contributed by atoms with Gasteiger partial charge in [-0.1, -0.05) is 0 Å². The van der Waals surface area contributed by atoms with Crippen LogP contribution in [0.2, 0.25) is 0 Å². The lowest BCUT2D eigenvalue weighted by Gasteiger charge is -2.21. The van der Waals surface area contributed by atoms with E-state index in [1.807, 2.05) is 0 Å². The summed E-state index contributed by atoms with van der Waals surface area (Å²) in [6, 6.07) is 0. The third-order valence-electron chi connectivity index (χ3n) is 1.23. The Kier molecular flexibility index (Phi) is 1.83. The summed E-state index contributed by atoms with van der Waals surface area (Å²) >= 11 is 0. The van der Waals surface area contributed by atoms with Crippen molar-refractivity contribution in [3.05, 3.63) is 0 Å². The number of aliphatic hydroxyl groups is 2. The van der Waals surface area contributed by atoms with E-state index in [0.29, 0.717) is 12.8 Å². The summed E-state index contributed by atoms with van der Waals surface area (Å²) in [5.41, 5.74) is 0. The first-order chi connectivity index (χ1) is 3.79. The minimum atomic E-state index is -0.640. The fraction of sp³-hybridized carbons (Fsp3) is 1.00. The zero-order chi connectivity index (χ0) is 5.98. The van der Waals surface area contributed by atoms with Crippen molar-refractivity contribution in [3.63, 3.8) is 0 Å². The molecule has 0 radical (unpaired) electrons. The Morgan fingerprint density at radius 2 is 2.00 bits per heavy atom. The van der Waals surface area contributed by atoms with Crippen LogP contribution in [0.3, 0.4) is 0 Å². The number of rotatable bonds is 0. The minimum Gasteiger partial charge on any atom is -0.391 e. The number of aliphatic hydroxyl groups excluding tert-OH is 2. The highest BCUT2D eigenvalue weighted by atomic mass is 16.6. The molecule has 0 aromatic heterocycles. The summed E-state index contributed by atoms with van der Waals surface area (Å²) < 4.78 is 4.70. The van der Waals surface area contributed by atoms with Crippen molar-refractivity contribution in [1.29, 1.82) is 0 Å². The first-order valence-corrected chi connectivity index (χ1v) is 2.77. The Balaban J connectivity index is 2.19. The molecule has 1 fully saturated rings. The molecular formula is C5H10O3. The summed E-state index contributed by atoms with van der Waals surface area (Å²) in [4.78, 5) is 0. The molecule has 3 heteroatoms. The molecule has 0 aliphatic carbocycles. The lowest BCUT2D eigenvalue weighted by Crippen LogP contribution is -2.28. The standard InChI is InChI=1S/C5H10O3/c6-4-1-2-5(7)8-3-4/h4-7H,1-3H2/t4-,5?/m0/s1. The molecule has 48 valence electrons. The van der Waals surface area contributed by atoms with Crippen molar-refractivity contribution < 1.29 is 14.9 Å². The Morgan fingerprint density at radius 1 is 1.25 bits per heavy atom. The topological polar surface area (TPSA) is 49.7 Å². The second kappa shape index (κ2) is 2.44. The van der Waals surface area contributed by atoms with Crippen LogP contribution in [-0.4, -0.2) is 29.2 Å². The van der Waals surface area contributed by atoms with Gasteiger partial charge < -0.3 is 14.9 Å². The van der Waals surface area contributed by atoms with Crippen LogP contribution < -0.4 is 0 Å². The molecule has 1 rings (SSSR count). The van der Waals surface area contributed by atoms with Crippen LogP contribution in [0.1, 0.15) is 12.8 Å². The Morgan fingerprint density at radius 3 is 2.38 bits per heavy atom. The van der Waals surface area contributed by atoms with Crippen LogP contribution >= 0.6 is 0 Å². The molecule has 0 amide bonds. The molecular weight excluding hydrogens is 108 g/mol. The van der Waals surface area contributed by atoms with Crippen LogP contribution in [0, 0.1) is 0 Å². The van der Waals surface area contributed by atoms with E-state index in [0.717, 1.165) is 0 Å². The van der Waals surface area contributed by atoms with Crippen molar-refractivity contribution >= 4 is 0 Å². The quantitative estimate of drug-likeness (QED) is 0.450. The number of ether oxygens (including phenoxy) is 1. The number of hydrogen-bond donors (Lipinski definition) is 2. The molecule has 0 spiro atoms. The third kappa shape index (κ3) is 1.43. The molecule has 1 aliphatic rings. The molecule has 0 saturated carbocycles. The normalized spacial score (nSPS) is 39.8. The van der Waals surface area contributed by atoms with E-state index in [4.69, 9.17) is 14.9 Å². The van der Waals surface area contributed by atoms with E-state index in [1.54, 1.807) is 0 Å². The largest absolute Gasteiger partial charge is 0.391 e. The van der Waals surface area contributed by atoms with Gasteiger partial charge in [0.2, 0.25) is 0 Å². The van der Waals surface area contributed by atoms with Gasteiger partial charge in [0, 0.05) is 6.42 Å². The molecule has 1 unspecified atom stereocenters. The summed E-state index contributed by atoms with van der Waals surface area (Å²) in [5, 5.41) is 17.5. The molecule has 3 nitrogen and oxygen atoms in total. The molecule has 1 aliphatic heterocycles. The van der Waals surface area contributed by atoms with E-state index in [9.17, 15) is 0 Å². The highest BCUT2D eigenvalue weighted by Gasteiger charge is 2.16. The van der Waals surface area contributed by atoms with Crippen molar-refractivity contribution in [3.8, 4) is 0 Å². The second-order valence-corrected chi connectivity index (χ2v) is 2.02. The fourth-order valence-corrected chi connectivity index (χ4v) is 0.724. The lowest BCUT2D eigenvalue weighted by atomic mass is 10.2. The highest BCUT2D eigenvalue weighted by molar-refractivity contribution is 4.60. The van der Waals surface area contributed by atoms with Crippen molar-refractivity contribution in [2.75, 3.05) is 6.61 Å². The predicted octanol–water partition coefficient (Wildman–Crippen LogP) is -0.524. The molecule has 8 heavy (non-hydrogen) atoms. The average Bonchev–Trinajstić information content (AvgIpc) is 1.77. The molecule has 0 bridgehead atoms. The van der Waals surface area contributed by atoms with Gasteiger partial charge >= 0.3 is 0 Å². The predicted molar refractivity (Wildman–Crippen MR) is 27.2 cm³/mol. The van der Waals surface area contributed by atoms with E-state index < -0.39 is 6.29 Å². The maximum Gasteiger partial charge on any atom is 0.154 e. The SMILES string of the molecule is OC1CC[C@H](O)CO1. The Hall–Kier alpha value is -0.120. The van der Waals surface area contributed by atoms with E-state index in [2.05, 4.69) is 0 Å². The summed E-state index contributed by atoms with van der Waals surface area (Å²) in [5.74, 6) is 0. The Bertz CT molecular complexity index is 56.1. The maximum absolute atomic E-state index is 8.79. The van der Waals surface area contributed by atoms with Gasteiger partial charge in [-0.15, -0.1) is 0 Å². The van der Waals surface area contributed by atoms with Crippen molar-refractivity contribution in [2.45, 2.75) is 25.2 Å². The van der Waals surface area contributed by atoms with Gasteiger partial charge in [0.15, 0.2) is 6.29 Å². The van der Waals surface area contributed by atoms with Gasteiger partial charge in [0.25, 0.3) is 0 Å². The van der Waals surface area contributed by atoms with E-state index in [1.165, 1.54) is 0 Å². The maximum atomic E-state index is 8.79. The highest BCUT2D eigenvalue weighted by Crippen LogP contribution is 2.09. The van der Waals surface area contributed by atoms with Gasteiger partial charge in [-0.25, -0.2) is 0 Å².